The summed E-state index contributed by atoms with van der Waals surface area (Å²) >= 11 is 0. The van der Waals surface area contributed by atoms with Gasteiger partial charge in [-0.25, -0.2) is 12.7 Å². The summed E-state index contributed by atoms with van der Waals surface area (Å²) in [6.07, 6.45) is 1.05. The molecule has 0 saturated carbocycles. The summed E-state index contributed by atoms with van der Waals surface area (Å²) in [5.74, 6) is 2.32. The fraction of sp³-hybridized carbons (Fsp3) is 0.519. The molecule has 1 amide bonds. The van der Waals surface area contributed by atoms with E-state index in [1.54, 1.807) is 46.6 Å². The van der Waals surface area contributed by atoms with E-state index in [0.29, 0.717) is 74.4 Å². The van der Waals surface area contributed by atoms with Gasteiger partial charge in [0.05, 0.1) is 31.9 Å². The van der Waals surface area contributed by atoms with Crippen molar-refractivity contribution in [1.29, 1.82) is 0 Å². The fourth-order valence-electron chi connectivity index (χ4n) is 4.38. The summed E-state index contributed by atoms with van der Waals surface area (Å²) < 4.78 is 44.4. The number of nitrogens with zero attached hydrogens (tertiary/aromatic N) is 3. The number of hydrogen-bond acceptors (Lipinski definition) is 7. The first-order valence-corrected chi connectivity index (χ1v) is 13.9. The zero-order chi connectivity index (χ0) is 27.2. The van der Waals surface area contributed by atoms with E-state index in [2.05, 4.69) is 4.90 Å². The lowest BCUT2D eigenvalue weighted by atomic mass is 10.1. The van der Waals surface area contributed by atoms with Gasteiger partial charge in [-0.05, 0) is 48.2 Å². The van der Waals surface area contributed by atoms with Gasteiger partial charge in [-0.1, -0.05) is 19.9 Å². The van der Waals surface area contributed by atoms with E-state index in [1.807, 2.05) is 36.9 Å². The summed E-state index contributed by atoms with van der Waals surface area (Å²) in [5, 5.41) is 0. The molecule has 0 bridgehead atoms. The normalized spacial score (nSPS) is 14.3. The number of piperazine rings is 1. The Hall–Kier alpha value is -2.98. The topological polar surface area (TPSA) is 88.6 Å². The summed E-state index contributed by atoms with van der Waals surface area (Å²) in [6, 6.07) is 10.5. The number of methoxy groups -OCH3 is 3. The molecule has 1 saturated heterocycles. The Bertz CT molecular complexity index is 1180. The third-order valence-corrected chi connectivity index (χ3v) is 8.43. The van der Waals surface area contributed by atoms with Gasteiger partial charge in [-0.2, -0.15) is 0 Å². The standard InChI is InChI=1S/C27H39N3O6S/c1-20(2)17-27(31)30-15-13-29(14-16-30)23-19-22(8-10-24(23)34-4)37(32,33)28(3)12-11-21-7-9-25(35-5)26(18-21)36-6/h7-10,18-20H,11-17H2,1-6H3. The van der Waals surface area contributed by atoms with Crippen molar-refractivity contribution < 1.29 is 27.4 Å². The zero-order valence-electron chi connectivity index (χ0n) is 22.7. The molecule has 10 heteroatoms. The maximum absolute atomic E-state index is 13.4. The molecule has 1 fully saturated rings. The monoisotopic (exact) mass is 533 g/mol. The summed E-state index contributed by atoms with van der Waals surface area (Å²) in [5.41, 5.74) is 1.66. The van der Waals surface area contributed by atoms with Gasteiger partial charge in [0, 0.05) is 46.2 Å². The Kier molecular flexibility index (Phi) is 9.67. The average Bonchev–Trinajstić information content (AvgIpc) is 2.90. The minimum atomic E-state index is -3.73. The third kappa shape index (κ3) is 6.87. The number of anilines is 1. The molecule has 1 aliphatic heterocycles. The van der Waals surface area contributed by atoms with Crippen LogP contribution in [0.15, 0.2) is 41.3 Å². The first kappa shape index (κ1) is 28.6. The Morgan fingerprint density at radius 2 is 1.54 bits per heavy atom. The molecule has 2 aromatic carbocycles. The van der Waals surface area contributed by atoms with Crippen LogP contribution in [0, 0.1) is 5.92 Å². The highest BCUT2D eigenvalue weighted by Crippen LogP contribution is 2.33. The predicted octanol–water partition coefficient (Wildman–Crippen LogP) is 3.27. The number of ether oxygens (including phenoxy) is 3. The number of likely N-dealkylation sites (N-methyl/N-ethyl adjacent to an activating group) is 1. The number of sulfonamides is 1. The highest BCUT2D eigenvalue weighted by molar-refractivity contribution is 7.89. The van der Waals surface area contributed by atoms with Crippen molar-refractivity contribution in [1.82, 2.24) is 9.21 Å². The van der Waals surface area contributed by atoms with Crippen LogP contribution in [0.3, 0.4) is 0 Å². The van der Waals surface area contributed by atoms with Gasteiger partial charge in [0.2, 0.25) is 15.9 Å². The van der Waals surface area contributed by atoms with Crippen molar-refractivity contribution in [3.05, 3.63) is 42.0 Å². The molecular formula is C27H39N3O6S. The number of carbonyl (C=O) groups excluding carboxylic acids is 1. The molecule has 1 aliphatic rings. The molecule has 37 heavy (non-hydrogen) atoms. The molecular weight excluding hydrogens is 494 g/mol. The SMILES string of the molecule is COc1ccc(CCN(C)S(=O)(=O)c2ccc(OC)c(N3CCN(C(=O)CC(C)C)CC3)c2)cc1OC. The van der Waals surface area contributed by atoms with Crippen LogP contribution in [0.2, 0.25) is 0 Å². The van der Waals surface area contributed by atoms with E-state index in [-0.39, 0.29) is 10.8 Å². The van der Waals surface area contributed by atoms with Crippen molar-refractivity contribution >= 4 is 21.6 Å². The smallest absolute Gasteiger partial charge is 0.242 e. The minimum absolute atomic E-state index is 0.161. The molecule has 1 heterocycles. The zero-order valence-corrected chi connectivity index (χ0v) is 23.5. The largest absolute Gasteiger partial charge is 0.495 e. The number of benzene rings is 2. The second-order valence-electron chi connectivity index (χ2n) is 9.57. The van der Waals surface area contributed by atoms with Gasteiger partial charge in [0.25, 0.3) is 0 Å². The van der Waals surface area contributed by atoms with Crippen LogP contribution >= 0.6 is 0 Å². The lowest BCUT2D eigenvalue weighted by Crippen LogP contribution is -2.49. The number of hydrogen-bond donors (Lipinski definition) is 0. The van der Waals surface area contributed by atoms with E-state index >= 15 is 0 Å². The van der Waals surface area contributed by atoms with Gasteiger partial charge in [-0.15, -0.1) is 0 Å². The van der Waals surface area contributed by atoms with Gasteiger partial charge < -0.3 is 24.0 Å². The highest BCUT2D eigenvalue weighted by atomic mass is 32.2. The lowest BCUT2D eigenvalue weighted by Gasteiger charge is -2.37. The summed E-state index contributed by atoms with van der Waals surface area (Å²) in [6.45, 7) is 6.78. The molecule has 9 nitrogen and oxygen atoms in total. The molecule has 0 atom stereocenters. The van der Waals surface area contributed by atoms with Crippen molar-refractivity contribution in [3.8, 4) is 17.2 Å². The van der Waals surface area contributed by atoms with Crippen LogP contribution in [0.5, 0.6) is 17.2 Å². The summed E-state index contributed by atoms with van der Waals surface area (Å²) in [4.78, 5) is 16.6. The summed E-state index contributed by atoms with van der Waals surface area (Å²) in [7, 11) is 2.57. The Morgan fingerprint density at radius 3 is 2.14 bits per heavy atom. The second-order valence-corrected chi connectivity index (χ2v) is 11.6. The second kappa shape index (κ2) is 12.5. The molecule has 2 aromatic rings. The first-order chi connectivity index (χ1) is 17.6. The van der Waals surface area contributed by atoms with Gasteiger partial charge in [-0.3, -0.25) is 4.79 Å². The Balaban J connectivity index is 1.73. The van der Waals surface area contributed by atoms with Crippen LogP contribution < -0.4 is 19.1 Å². The molecule has 0 radical (unpaired) electrons. The molecule has 204 valence electrons. The van der Waals surface area contributed by atoms with Crippen LogP contribution in [-0.4, -0.2) is 84.6 Å². The lowest BCUT2D eigenvalue weighted by molar-refractivity contribution is -0.132. The van der Waals surface area contributed by atoms with Crippen molar-refractivity contribution in [2.45, 2.75) is 31.6 Å². The van der Waals surface area contributed by atoms with E-state index in [4.69, 9.17) is 14.2 Å². The van der Waals surface area contributed by atoms with E-state index in [9.17, 15) is 13.2 Å². The third-order valence-electron chi connectivity index (χ3n) is 6.58. The number of carbonyl (C=O) groups is 1. The van der Waals surface area contributed by atoms with E-state index in [1.165, 1.54) is 4.31 Å². The molecule has 0 N–H and O–H groups in total. The molecule has 3 rings (SSSR count). The van der Waals surface area contributed by atoms with Crippen LogP contribution in [0.25, 0.3) is 0 Å². The maximum Gasteiger partial charge on any atom is 0.242 e. The van der Waals surface area contributed by atoms with Crippen LogP contribution in [0.4, 0.5) is 5.69 Å². The van der Waals surface area contributed by atoms with Crippen molar-refractivity contribution in [3.63, 3.8) is 0 Å². The molecule has 0 aliphatic carbocycles. The predicted molar refractivity (Wildman–Crippen MR) is 144 cm³/mol. The molecule has 0 aromatic heterocycles. The van der Waals surface area contributed by atoms with E-state index < -0.39 is 10.0 Å². The Labute approximate surface area is 220 Å². The van der Waals surface area contributed by atoms with Gasteiger partial charge >= 0.3 is 0 Å². The van der Waals surface area contributed by atoms with Gasteiger partial charge in [0.15, 0.2) is 11.5 Å². The first-order valence-electron chi connectivity index (χ1n) is 12.5. The maximum atomic E-state index is 13.4. The minimum Gasteiger partial charge on any atom is -0.495 e. The van der Waals surface area contributed by atoms with Crippen LogP contribution in [0.1, 0.15) is 25.8 Å². The number of rotatable bonds is 11. The van der Waals surface area contributed by atoms with E-state index in [0.717, 1.165) is 5.56 Å². The fourth-order valence-corrected chi connectivity index (χ4v) is 5.57. The number of amides is 1. The van der Waals surface area contributed by atoms with Crippen molar-refractivity contribution in [2.24, 2.45) is 5.92 Å². The molecule has 0 spiro atoms. The average molecular weight is 534 g/mol. The highest BCUT2D eigenvalue weighted by Gasteiger charge is 2.27. The molecule has 0 unspecified atom stereocenters. The van der Waals surface area contributed by atoms with Crippen molar-refractivity contribution in [2.75, 3.05) is 66.0 Å². The Morgan fingerprint density at radius 1 is 0.919 bits per heavy atom. The quantitative estimate of drug-likeness (QED) is 0.438. The van der Waals surface area contributed by atoms with Gasteiger partial charge in [0.1, 0.15) is 5.75 Å². The van der Waals surface area contributed by atoms with Crippen LogP contribution in [-0.2, 0) is 21.2 Å².